The fraction of sp³-hybridized carbons (Fsp3) is 0.304. The molecule has 1 atom stereocenters. The number of hydrogen-bond donors (Lipinski definition) is 1. The predicted octanol–water partition coefficient (Wildman–Crippen LogP) is 1.33. The lowest BCUT2D eigenvalue weighted by molar-refractivity contribution is -0.154. The van der Waals surface area contributed by atoms with Gasteiger partial charge < -0.3 is 15.5 Å². The van der Waals surface area contributed by atoms with Gasteiger partial charge in [0.2, 0.25) is 11.8 Å². The van der Waals surface area contributed by atoms with Crippen molar-refractivity contribution in [3.8, 4) is 0 Å². The number of nitrogen functional groups attached to an aromatic ring is 1. The van der Waals surface area contributed by atoms with Crippen molar-refractivity contribution in [2.45, 2.75) is 31.8 Å². The van der Waals surface area contributed by atoms with Gasteiger partial charge in [-0.25, -0.2) is 0 Å². The number of carbonyl (C=O) groups is 4. The monoisotopic (exact) mass is 418 g/mol. The van der Waals surface area contributed by atoms with Crippen molar-refractivity contribution < 1.29 is 19.2 Å². The third-order valence-corrected chi connectivity index (χ3v) is 6.31. The molecule has 2 aromatic carbocycles. The number of imide groups is 1. The molecule has 158 valence electrons. The number of para-hydroxylation sites is 1. The maximum atomic E-state index is 13.2. The van der Waals surface area contributed by atoms with Crippen LogP contribution in [0.4, 0.5) is 11.4 Å². The summed E-state index contributed by atoms with van der Waals surface area (Å²) in [5.41, 5.74) is 9.47. The molecule has 0 radical (unpaired) electrons. The molecule has 1 saturated heterocycles. The van der Waals surface area contributed by atoms with Crippen LogP contribution in [0, 0.1) is 0 Å². The van der Waals surface area contributed by atoms with Crippen LogP contribution >= 0.6 is 0 Å². The first-order chi connectivity index (χ1) is 14.9. The Morgan fingerprint density at radius 2 is 1.84 bits per heavy atom. The Morgan fingerprint density at radius 1 is 1.03 bits per heavy atom. The van der Waals surface area contributed by atoms with Crippen LogP contribution < -0.4 is 10.6 Å². The summed E-state index contributed by atoms with van der Waals surface area (Å²) in [5.74, 6) is -1.44. The van der Waals surface area contributed by atoms with E-state index in [0.717, 1.165) is 28.1 Å². The molecule has 8 nitrogen and oxygen atoms in total. The van der Waals surface area contributed by atoms with Crippen LogP contribution in [0.2, 0.25) is 0 Å². The first-order valence-electron chi connectivity index (χ1n) is 10.4. The van der Waals surface area contributed by atoms with Gasteiger partial charge in [0.1, 0.15) is 12.6 Å². The van der Waals surface area contributed by atoms with Gasteiger partial charge in [0.05, 0.1) is 0 Å². The topological polar surface area (TPSA) is 104 Å². The lowest BCUT2D eigenvalue weighted by atomic mass is 10.0. The summed E-state index contributed by atoms with van der Waals surface area (Å²) in [6.07, 6.45) is 1.11. The van der Waals surface area contributed by atoms with Crippen molar-refractivity contribution in [1.82, 2.24) is 9.80 Å². The Kier molecular flexibility index (Phi) is 4.50. The molecule has 0 aliphatic carbocycles. The minimum atomic E-state index is -0.766. The Bertz CT molecular complexity index is 1130. The summed E-state index contributed by atoms with van der Waals surface area (Å²) in [5, 5.41) is 0. The Hall–Kier alpha value is -3.68. The van der Waals surface area contributed by atoms with Crippen molar-refractivity contribution in [3.63, 3.8) is 0 Å². The zero-order valence-electron chi connectivity index (χ0n) is 16.9. The van der Waals surface area contributed by atoms with Crippen LogP contribution in [0.1, 0.15) is 34.3 Å². The highest BCUT2D eigenvalue weighted by molar-refractivity contribution is 6.08. The molecular formula is C23H22N4O4. The standard InChI is InChI=1S/C23H22N4O4/c24-16-6-5-15-12-26(22(30)17(15)11-16)19-7-8-20(28)27(23(19)31)13-21(29)25-10-9-14-3-1-2-4-18(14)25/h1-6,11,19H,7-10,12-13,24H2. The van der Waals surface area contributed by atoms with E-state index in [0.29, 0.717) is 24.3 Å². The summed E-state index contributed by atoms with van der Waals surface area (Å²) in [4.78, 5) is 55.7. The van der Waals surface area contributed by atoms with Crippen molar-refractivity contribution in [3.05, 3.63) is 59.2 Å². The molecule has 3 aliphatic heterocycles. The third-order valence-electron chi connectivity index (χ3n) is 6.31. The number of nitrogens with two attached hydrogens (primary N) is 1. The normalized spacial score (nSPS) is 20.3. The number of piperidine rings is 1. The van der Waals surface area contributed by atoms with Crippen LogP contribution in [0.5, 0.6) is 0 Å². The number of benzene rings is 2. The fourth-order valence-electron chi connectivity index (χ4n) is 4.69. The minimum absolute atomic E-state index is 0.114. The highest BCUT2D eigenvalue weighted by Crippen LogP contribution is 2.31. The molecular weight excluding hydrogens is 396 g/mol. The molecule has 5 rings (SSSR count). The van der Waals surface area contributed by atoms with Crippen molar-refractivity contribution >= 4 is 35.0 Å². The molecule has 3 aliphatic rings. The summed E-state index contributed by atoms with van der Waals surface area (Å²) < 4.78 is 0. The number of carbonyl (C=O) groups excluding carboxylic acids is 4. The molecule has 1 fully saturated rings. The van der Waals surface area contributed by atoms with Gasteiger partial charge >= 0.3 is 0 Å². The molecule has 0 bridgehead atoms. The van der Waals surface area contributed by atoms with E-state index in [-0.39, 0.29) is 37.1 Å². The lowest BCUT2D eigenvalue weighted by Crippen LogP contribution is -2.56. The van der Waals surface area contributed by atoms with Crippen LogP contribution in [0.15, 0.2) is 42.5 Å². The molecule has 0 aromatic heterocycles. The Labute approximate surface area is 179 Å². The van der Waals surface area contributed by atoms with E-state index in [1.165, 1.54) is 4.90 Å². The number of anilines is 2. The zero-order valence-corrected chi connectivity index (χ0v) is 16.9. The summed E-state index contributed by atoms with van der Waals surface area (Å²) in [6.45, 7) is 0.504. The number of likely N-dealkylation sites (tertiary alicyclic amines) is 1. The number of rotatable bonds is 3. The van der Waals surface area contributed by atoms with Crippen LogP contribution in [-0.4, -0.2) is 52.6 Å². The third kappa shape index (κ3) is 3.15. The van der Waals surface area contributed by atoms with E-state index >= 15 is 0 Å². The number of amides is 4. The second-order valence-electron chi connectivity index (χ2n) is 8.15. The molecule has 0 spiro atoms. The molecule has 3 heterocycles. The molecule has 4 amide bonds. The summed E-state index contributed by atoms with van der Waals surface area (Å²) in [7, 11) is 0. The lowest BCUT2D eigenvalue weighted by Gasteiger charge is -2.35. The maximum absolute atomic E-state index is 13.2. The first-order valence-corrected chi connectivity index (χ1v) is 10.4. The van der Waals surface area contributed by atoms with Gasteiger partial charge in [-0.2, -0.15) is 0 Å². The van der Waals surface area contributed by atoms with Crippen LogP contribution in [0.3, 0.4) is 0 Å². The number of fused-ring (bicyclic) bond motifs is 2. The first kappa shape index (κ1) is 19.3. The molecule has 2 N–H and O–H groups in total. The van der Waals surface area contributed by atoms with Crippen molar-refractivity contribution in [2.24, 2.45) is 0 Å². The maximum Gasteiger partial charge on any atom is 0.255 e. The van der Waals surface area contributed by atoms with E-state index in [9.17, 15) is 19.2 Å². The number of nitrogens with zero attached hydrogens (tertiary/aromatic N) is 3. The van der Waals surface area contributed by atoms with E-state index in [2.05, 4.69) is 0 Å². The number of hydrogen-bond acceptors (Lipinski definition) is 5. The molecule has 8 heteroatoms. The predicted molar refractivity (Wildman–Crippen MR) is 113 cm³/mol. The molecule has 31 heavy (non-hydrogen) atoms. The second-order valence-corrected chi connectivity index (χ2v) is 8.15. The van der Waals surface area contributed by atoms with Gasteiger partial charge in [0, 0.05) is 36.4 Å². The second kappa shape index (κ2) is 7.23. The van der Waals surface area contributed by atoms with E-state index in [4.69, 9.17) is 5.73 Å². The Balaban J connectivity index is 1.34. The smallest absolute Gasteiger partial charge is 0.255 e. The van der Waals surface area contributed by atoms with E-state index in [1.807, 2.05) is 24.3 Å². The molecule has 1 unspecified atom stereocenters. The van der Waals surface area contributed by atoms with Crippen LogP contribution in [-0.2, 0) is 27.3 Å². The summed E-state index contributed by atoms with van der Waals surface area (Å²) in [6, 6.07) is 12.0. The van der Waals surface area contributed by atoms with Gasteiger partial charge in [-0.05, 0) is 42.2 Å². The summed E-state index contributed by atoms with van der Waals surface area (Å²) >= 11 is 0. The largest absolute Gasteiger partial charge is 0.399 e. The Morgan fingerprint density at radius 3 is 2.68 bits per heavy atom. The SMILES string of the molecule is Nc1ccc2c(c1)C(=O)N(C1CCC(=O)N(CC(=O)N3CCc4ccccc43)C1=O)C2. The fourth-order valence-corrected chi connectivity index (χ4v) is 4.69. The van der Waals surface area contributed by atoms with Gasteiger partial charge in [-0.15, -0.1) is 0 Å². The van der Waals surface area contributed by atoms with Gasteiger partial charge in [0.25, 0.3) is 11.8 Å². The van der Waals surface area contributed by atoms with Crippen LogP contribution in [0.25, 0.3) is 0 Å². The highest BCUT2D eigenvalue weighted by Gasteiger charge is 2.43. The molecule has 0 saturated carbocycles. The van der Waals surface area contributed by atoms with Crippen molar-refractivity contribution in [1.29, 1.82) is 0 Å². The molecule has 2 aromatic rings. The highest BCUT2D eigenvalue weighted by atomic mass is 16.2. The zero-order chi connectivity index (χ0) is 21.7. The van der Waals surface area contributed by atoms with Gasteiger partial charge in [0.15, 0.2) is 0 Å². The average Bonchev–Trinajstić information content (AvgIpc) is 3.33. The van der Waals surface area contributed by atoms with E-state index < -0.39 is 11.9 Å². The van der Waals surface area contributed by atoms with Gasteiger partial charge in [-0.3, -0.25) is 24.1 Å². The minimum Gasteiger partial charge on any atom is -0.399 e. The quantitative estimate of drug-likeness (QED) is 0.598. The van der Waals surface area contributed by atoms with E-state index in [1.54, 1.807) is 23.1 Å². The van der Waals surface area contributed by atoms with Crippen molar-refractivity contribution in [2.75, 3.05) is 23.7 Å². The van der Waals surface area contributed by atoms with Gasteiger partial charge in [-0.1, -0.05) is 24.3 Å². The average molecular weight is 418 g/mol.